The summed E-state index contributed by atoms with van der Waals surface area (Å²) in [7, 11) is 0. The van der Waals surface area contributed by atoms with Crippen molar-refractivity contribution in [2.75, 3.05) is 19.6 Å². The second kappa shape index (κ2) is 4.76. The van der Waals surface area contributed by atoms with Crippen molar-refractivity contribution in [1.82, 2.24) is 10.2 Å². The van der Waals surface area contributed by atoms with Crippen LogP contribution in [0.4, 0.5) is 4.79 Å². The SMILES string of the molecule is CCNC(=O)N1CCC([AsH2])CC1. The number of likely N-dealkylation sites (tertiary alicyclic amines) is 1. The zero-order valence-electron chi connectivity index (χ0n) is 7.55. The number of hydrogen-bond acceptors (Lipinski definition) is 1. The predicted molar refractivity (Wildman–Crippen MR) is 52.2 cm³/mol. The van der Waals surface area contributed by atoms with Crippen molar-refractivity contribution in [1.29, 1.82) is 0 Å². The fourth-order valence-corrected chi connectivity index (χ4v) is 1.99. The topological polar surface area (TPSA) is 32.3 Å². The Morgan fingerprint density at radius 2 is 2.17 bits per heavy atom. The summed E-state index contributed by atoms with van der Waals surface area (Å²) in [4.78, 5) is 13.2. The summed E-state index contributed by atoms with van der Waals surface area (Å²) in [5.41, 5.74) is 0. The average Bonchev–Trinajstić information content (AvgIpc) is 2.06. The van der Waals surface area contributed by atoms with Crippen LogP contribution in [-0.4, -0.2) is 47.4 Å². The van der Waals surface area contributed by atoms with Crippen LogP contribution in [0.2, 0.25) is 4.71 Å². The van der Waals surface area contributed by atoms with Crippen molar-refractivity contribution in [2.24, 2.45) is 0 Å². The molecule has 0 spiro atoms. The van der Waals surface area contributed by atoms with E-state index in [1.807, 2.05) is 28.7 Å². The minimum atomic E-state index is 0.108. The molecule has 0 saturated carbocycles. The van der Waals surface area contributed by atoms with Gasteiger partial charge >= 0.3 is 82.0 Å². The number of amides is 2. The molecule has 1 aliphatic rings. The van der Waals surface area contributed by atoms with Crippen molar-refractivity contribution < 1.29 is 4.79 Å². The van der Waals surface area contributed by atoms with E-state index in [0.717, 1.165) is 24.3 Å². The molecule has 1 unspecified atom stereocenters. The van der Waals surface area contributed by atoms with Gasteiger partial charge in [-0.2, -0.15) is 0 Å². The monoisotopic (exact) mass is 232 g/mol. The summed E-state index contributed by atoms with van der Waals surface area (Å²) in [6, 6.07) is 0.108. The Kier molecular flexibility index (Phi) is 3.93. The van der Waals surface area contributed by atoms with Crippen LogP contribution in [0, 0.1) is 0 Å². The molecule has 1 N–H and O–H groups in total. The molecule has 1 aliphatic heterocycles. The first kappa shape index (κ1) is 9.91. The number of carbonyl (C=O) groups excluding carboxylic acids is 1. The van der Waals surface area contributed by atoms with Gasteiger partial charge in [0.2, 0.25) is 0 Å². The number of hydrogen-bond donors (Lipinski definition) is 1. The molecule has 0 radical (unpaired) electrons. The summed E-state index contributed by atoms with van der Waals surface area (Å²) >= 11 is 1.81. The van der Waals surface area contributed by atoms with E-state index in [2.05, 4.69) is 5.32 Å². The van der Waals surface area contributed by atoms with Gasteiger partial charge in [-0.05, 0) is 0 Å². The molecule has 1 rings (SSSR count). The normalized spacial score (nSPS) is 19.3. The summed E-state index contributed by atoms with van der Waals surface area (Å²) in [6.45, 7) is 4.56. The van der Waals surface area contributed by atoms with E-state index in [9.17, 15) is 4.79 Å². The van der Waals surface area contributed by atoms with Gasteiger partial charge in [-0.25, -0.2) is 0 Å². The maximum atomic E-state index is 11.3. The van der Waals surface area contributed by atoms with Gasteiger partial charge in [-0.3, -0.25) is 0 Å². The van der Waals surface area contributed by atoms with Gasteiger partial charge in [-0.15, -0.1) is 0 Å². The van der Waals surface area contributed by atoms with Crippen molar-refractivity contribution in [3.63, 3.8) is 0 Å². The van der Waals surface area contributed by atoms with Crippen molar-refractivity contribution >= 4 is 22.9 Å². The van der Waals surface area contributed by atoms with Crippen LogP contribution in [0.3, 0.4) is 0 Å². The van der Waals surface area contributed by atoms with Gasteiger partial charge in [0.05, 0.1) is 0 Å². The van der Waals surface area contributed by atoms with Crippen molar-refractivity contribution in [2.45, 2.75) is 24.5 Å². The van der Waals surface area contributed by atoms with E-state index in [1.165, 1.54) is 12.8 Å². The van der Waals surface area contributed by atoms with Crippen LogP contribution >= 0.6 is 0 Å². The Balaban J connectivity index is 2.29. The first-order valence-electron chi connectivity index (χ1n) is 4.52. The number of nitrogens with zero attached hydrogens (tertiary/aromatic N) is 1. The van der Waals surface area contributed by atoms with E-state index in [4.69, 9.17) is 0 Å². The van der Waals surface area contributed by atoms with Crippen molar-refractivity contribution in [3.05, 3.63) is 0 Å². The summed E-state index contributed by atoms with van der Waals surface area (Å²) in [5.74, 6) is 0. The average molecular weight is 232 g/mol. The van der Waals surface area contributed by atoms with Crippen LogP contribution in [-0.2, 0) is 0 Å². The first-order chi connectivity index (χ1) is 5.74. The van der Waals surface area contributed by atoms with E-state index >= 15 is 0 Å². The maximum absolute atomic E-state index is 11.3. The second-order valence-corrected chi connectivity index (χ2v) is 5.14. The molecule has 1 saturated heterocycles. The Labute approximate surface area is 82.4 Å². The van der Waals surface area contributed by atoms with Crippen LogP contribution in [0.15, 0.2) is 0 Å². The molecular formula is C8H17AsN2O. The fraction of sp³-hybridized carbons (Fsp3) is 0.875. The fourth-order valence-electron chi connectivity index (χ4n) is 1.37. The molecule has 1 atom stereocenters. The van der Waals surface area contributed by atoms with Gasteiger partial charge in [0.1, 0.15) is 0 Å². The van der Waals surface area contributed by atoms with Crippen LogP contribution in [0.5, 0.6) is 0 Å². The first-order valence-corrected chi connectivity index (χ1v) is 5.92. The molecule has 70 valence electrons. The molecule has 4 heteroatoms. The van der Waals surface area contributed by atoms with E-state index < -0.39 is 0 Å². The molecule has 1 heterocycles. The molecule has 0 aliphatic carbocycles. The summed E-state index contributed by atoms with van der Waals surface area (Å²) in [5, 5.41) is 2.82. The van der Waals surface area contributed by atoms with E-state index in [0.29, 0.717) is 0 Å². The molecule has 0 aromatic rings. The van der Waals surface area contributed by atoms with Crippen LogP contribution in [0.1, 0.15) is 19.8 Å². The second-order valence-electron chi connectivity index (χ2n) is 3.16. The molecule has 12 heavy (non-hydrogen) atoms. The zero-order valence-corrected chi connectivity index (χ0v) is 9.97. The van der Waals surface area contributed by atoms with Crippen molar-refractivity contribution in [3.8, 4) is 0 Å². The van der Waals surface area contributed by atoms with Gasteiger partial charge < -0.3 is 0 Å². The molecule has 2 amide bonds. The zero-order chi connectivity index (χ0) is 8.97. The van der Waals surface area contributed by atoms with E-state index in [-0.39, 0.29) is 6.03 Å². The Morgan fingerprint density at radius 1 is 1.58 bits per heavy atom. The number of nitrogens with one attached hydrogen (secondary N) is 1. The van der Waals surface area contributed by atoms with Gasteiger partial charge in [0, 0.05) is 0 Å². The quantitative estimate of drug-likeness (QED) is 0.645. The minimum absolute atomic E-state index is 0.108. The molecule has 3 nitrogen and oxygen atoms in total. The predicted octanol–water partition coefficient (Wildman–Crippen LogP) is 0.233. The van der Waals surface area contributed by atoms with Gasteiger partial charge in [0.25, 0.3) is 0 Å². The number of carbonyl (C=O) groups is 1. The molecular weight excluding hydrogens is 215 g/mol. The molecule has 0 aromatic heterocycles. The molecule has 0 aromatic carbocycles. The summed E-state index contributed by atoms with van der Waals surface area (Å²) < 4.78 is 0.850. The van der Waals surface area contributed by atoms with Gasteiger partial charge in [-0.1, -0.05) is 0 Å². The van der Waals surface area contributed by atoms with Crippen LogP contribution in [0.25, 0.3) is 0 Å². The Bertz CT molecular complexity index is 155. The molecule has 0 bridgehead atoms. The number of rotatable bonds is 1. The number of urea groups is 1. The van der Waals surface area contributed by atoms with Crippen LogP contribution < -0.4 is 5.32 Å². The summed E-state index contributed by atoms with van der Waals surface area (Å²) in [6.07, 6.45) is 2.36. The Hall–Kier alpha value is -0.172. The molecule has 1 fully saturated rings. The Morgan fingerprint density at radius 3 is 2.67 bits per heavy atom. The third-order valence-corrected chi connectivity index (χ3v) is 3.55. The number of piperidine rings is 1. The third kappa shape index (κ3) is 2.70. The van der Waals surface area contributed by atoms with Gasteiger partial charge in [0.15, 0.2) is 0 Å². The van der Waals surface area contributed by atoms with E-state index in [1.54, 1.807) is 0 Å². The third-order valence-electron chi connectivity index (χ3n) is 2.15. The standard InChI is InChI=1S/C8H17AsN2O/c1-2-10-8(12)11-5-3-7(9)4-6-11/h7H,2-6,9H2,1H3,(H,10,12).